The highest BCUT2D eigenvalue weighted by molar-refractivity contribution is 8.02. The zero-order valence-electron chi connectivity index (χ0n) is 16.5. The van der Waals surface area contributed by atoms with Gasteiger partial charge in [0.1, 0.15) is 16.7 Å². The molecule has 0 radical (unpaired) electrons. The van der Waals surface area contributed by atoms with Crippen molar-refractivity contribution in [1.29, 1.82) is 0 Å². The summed E-state index contributed by atoms with van der Waals surface area (Å²) in [6, 6.07) is 8.05. The number of rotatable bonds is 6. The second-order valence-electron chi connectivity index (χ2n) is 7.80. The van der Waals surface area contributed by atoms with Crippen LogP contribution in [0.5, 0.6) is 0 Å². The number of unbranched alkanes of at least 4 members (excludes halogenated alkanes) is 1. The van der Waals surface area contributed by atoms with E-state index in [9.17, 15) is 0 Å². The number of benzene rings is 1. The molecule has 0 bridgehead atoms. The molecule has 1 aromatic heterocycles. The van der Waals surface area contributed by atoms with Gasteiger partial charge in [0, 0.05) is 16.5 Å². The van der Waals surface area contributed by atoms with Gasteiger partial charge in [-0.1, -0.05) is 60.5 Å². The Bertz CT molecular complexity index is 1000. The summed E-state index contributed by atoms with van der Waals surface area (Å²) in [5.41, 5.74) is 6.89. The predicted molar refractivity (Wildman–Crippen MR) is 123 cm³/mol. The second-order valence-corrected chi connectivity index (χ2v) is 10.3. The monoisotopic (exact) mass is 441 g/mol. The van der Waals surface area contributed by atoms with E-state index in [1.807, 2.05) is 30.0 Å². The van der Waals surface area contributed by atoms with Crippen LogP contribution in [0.15, 0.2) is 56.7 Å². The molecule has 0 N–H and O–H groups in total. The molecule has 1 aromatic carbocycles. The normalized spacial score (nSPS) is 22.3. The van der Waals surface area contributed by atoms with E-state index >= 15 is 0 Å². The Morgan fingerprint density at radius 3 is 2.97 bits per heavy atom. The standard InChI is InChI=1S/C23H24ClN3S2/c1-2-3-11-18-15-8-6-9-16(15)19-20-21(29-22(19)27-18)23(26-13-25-20)28-12-14-7-4-5-10-17(14)24/h4-5,7,10,13,19,22H,2-3,6,8-9,11-12H2,1H3/t19-,22-/m1/s1. The van der Waals surface area contributed by atoms with Crippen molar-refractivity contribution >= 4 is 40.8 Å². The van der Waals surface area contributed by atoms with Gasteiger partial charge in [-0.05, 0) is 49.3 Å². The summed E-state index contributed by atoms with van der Waals surface area (Å²) in [4.78, 5) is 15.9. The van der Waals surface area contributed by atoms with Crippen molar-refractivity contribution in [3.05, 3.63) is 58.0 Å². The van der Waals surface area contributed by atoms with Crippen molar-refractivity contribution in [3.63, 3.8) is 0 Å². The highest BCUT2D eigenvalue weighted by Crippen LogP contribution is 2.56. The molecule has 0 saturated heterocycles. The van der Waals surface area contributed by atoms with Crippen LogP contribution in [-0.4, -0.2) is 21.1 Å². The molecular weight excluding hydrogens is 418 g/mol. The molecule has 3 heterocycles. The van der Waals surface area contributed by atoms with Gasteiger partial charge >= 0.3 is 0 Å². The molecule has 150 valence electrons. The van der Waals surface area contributed by atoms with Crippen LogP contribution in [0.25, 0.3) is 0 Å². The maximum atomic E-state index is 6.35. The highest BCUT2D eigenvalue weighted by atomic mass is 35.5. The lowest BCUT2D eigenvalue weighted by Gasteiger charge is -2.26. The van der Waals surface area contributed by atoms with Crippen LogP contribution in [0.3, 0.4) is 0 Å². The Balaban J connectivity index is 1.44. The number of aromatic nitrogens is 2. The number of dihydropyridines is 1. The fourth-order valence-electron chi connectivity index (χ4n) is 4.56. The van der Waals surface area contributed by atoms with Crippen LogP contribution in [0, 0.1) is 0 Å². The molecule has 0 unspecified atom stereocenters. The van der Waals surface area contributed by atoms with Crippen LogP contribution in [-0.2, 0) is 5.75 Å². The molecule has 0 fully saturated rings. The van der Waals surface area contributed by atoms with E-state index in [1.54, 1.807) is 29.2 Å². The molecule has 0 saturated carbocycles. The SMILES string of the molecule is CCCCC1=N[C@@H]2Sc3c(SCc4ccccc4Cl)ncnc3[C@H]2C2=C1CCC2. The van der Waals surface area contributed by atoms with Crippen molar-refractivity contribution < 1.29 is 0 Å². The minimum atomic E-state index is 0.241. The maximum absolute atomic E-state index is 6.35. The van der Waals surface area contributed by atoms with E-state index in [2.05, 4.69) is 18.0 Å². The Morgan fingerprint density at radius 2 is 2.10 bits per heavy atom. The molecular formula is C23H24ClN3S2. The van der Waals surface area contributed by atoms with E-state index in [1.165, 1.54) is 48.4 Å². The molecule has 2 atom stereocenters. The number of allylic oxidation sites excluding steroid dienone is 1. The average molecular weight is 442 g/mol. The highest BCUT2D eigenvalue weighted by Gasteiger charge is 2.44. The quantitative estimate of drug-likeness (QED) is 0.355. The lowest BCUT2D eigenvalue weighted by Crippen LogP contribution is -2.21. The lowest BCUT2D eigenvalue weighted by molar-refractivity contribution is 0.687. The van der Waals surface area contributed by atoms with Crippen molar-refractivity contribution in [3.8, 4) is 0 Å². The minimum absolute atomic E-state index is 0.241. The third kappa shape index (κ3) is 3.66. The Hall–Kier alpha value is -1.30. The molecule has 0 amide bonds. The number of hydrogen-bond acceptors (Lipinski definition) is 5. The summed E-state index contributed by atoms with van der Waals surface area (Å²) < 4.78 is 0. The van der Waals surface area contributed by atoms with Gasteiger partial charge in [-0.25, -0.2) is 9.97 Å². The smallest absolute Gasteiger partial charge is 0.117 e. The minimum Gasteiger partial charge on any atom is -0.274 e. The zero-order chi connectivity index (χ0) is 19.8. The summed E-state index contributed by atoms with van der Waals surface area (Å²) in [6.45, 7) is 2.26. The van der Waals surface area contributed by atoms with Gasteiger partial charge in [0.05, 0.1) is 16.5 Å². The van der Waals surface area contributed by atoms with Gasteiger partial charge in [-0.2, -0.15) is 0 Å². The third-order valence-corrected chi connectivity index (χ3v) is 8.77. The van der Waals surface area contributed by atoms with Gasteiger partial charge in [0.15, 0.2) is 0 Å². The molecule has 3 aliphatic rings. The molecule has 1 aliphatic carbocycles. The fourth-order valence-corrected chi connectivity index (χ4v) is 7.37. The van der Waals surface area contributed by atoms with E-state index in [-0.39, 0.29) is 5.37 Å². The Kier molecular flexibility index (Phi) is 5.72. The molecule has 29 heavy (non-hydrogen) atoms. The second kappa shape index (κ2) is 8.44. The largest absolute Gasteiger partial charge is 0.274 e. The molecule has 3 nitrogen and oxygen atoms in total. The number of aliphatic imine (C=N–C) groups is 1. The first-order chi connectivity index (χ1) is 14.3. The summed E-state index contributed by atoms with van der Waals surface area (Å²) in [6.07, 6.45) is 8.96. The topological polar surface area (TPSA) is 38.1 Å². The first-order valence-corrected chi connectivity index (χ1v) is 12.7. The number of halogens is 1. The molecule has 2 aliphatic heterocycles. The Morgan fingerprint density at radius 1 is 1.21 bits per heavy atom. The van der Waals surface area contributed by atoms with E-state index in [4.69, 9.17) is 21.6 Å². The number of fused-ring (bicyclic) bond motifs is 4. The van der Waals surface area contributed by atoms with Crippen LogP contribution >= 0.6 is 35.1 Å². The van der Waals surface area contributed by atoms with E-state index < -0.39 is 0 Å². The third-order valence-electron chi connectivity index (χ3n) is 5.97. The van der Waals surface area contributed by atoms with Gasteiger partial charge in [0.2, 0.25) is 0 Å². The Labute approximate surface area is 185 Å². The first-order valence-electron chi connectivity index (χ1n) is 10.4. The van der Waals surface area contributed by atoms with Gasteiger partial charge in [0.25, 0.3) is 0 Å². The molecule has 6 heteroatoms. The van der Waals surface area contributed by atoms with Gasteiger partial charge in [-0.15, -0.1) is 11.8 Å². The van der Waals surface area contributed by atoms with Crippen molar-refractivity contribution in [2.24, 2.45) is 4.99 Å². The number of nitrogens with zero attached hydrogens (tertiary/aromatic N) is 3. The van der Waals surface area contributed by atoms with Crippen LogP contribution in [0.4, 0.5) is 0 Å². The molecule has 0 spiro atoms. The fraction of sp³-hybridized carbons (Fsp3) is 0.435. The van der Waals surface area contributed by atoms with Gasteiger partial charge in [-0.3, -0.25) is 4.99 Å². The summed E-state index contributed by atoms with van der Waals surface area (Å²) in [5.74, 6) is 1.17. The summed E-state index contributed by atoms with van der Waals surface area (Å²) in [5, 5.41) is 2.13. The van der Waals surface area contributed by atoms with Crippen LogP contribution < -0.4 is 0 Å². The van der Waals surface area contributed by atoms with E-state index in [0.29, 0.717) is 5.92 Å². The molecule has 2 aromatic rings. The van der Waals surface area contributed by atoms with Gasteiger partial charge < -0.3 is 0 Å². The average Bonchev–Trinajstić information content (AvgIpc) is 3.36. The summed E-state index contributed by atoms with van der Waals surface area (Å²) in [7, 11) is 0. The summed E-state index contributed by atoms with van der Waals surface area (Å²) >= 11 is 9.98. The van der Waals surface area contributed by atoms with Crippen LogP contribution in [0.1, 0.15) is 62.6 Å². The lowest BCUT2D eigenvalue weighted by atomic mass is 9.87. The van der Waals surface area contributed by atoms with Crippen molar-refractivity contribution in [1.82, 2.24) is 9.97 Å². The predicted octanol–water partition coefficient (Wildman–Crippen LogP) is 7.06. The molecule has 5 rings (SSSR count). The number of hydrogen-bond donors (Lipinski definition) is 0. The van der Waals surface area contributed by atoms with Crippen LogP contribution in [0.2, 0.25) is 5.02 Å². The zero-order valence-corrected chi connectivity index (χ0v) is 18.9. The maximum Gasteiger partial charge on any atom is 0.117 e. The van der Waals surface area contributed by atoms with Crippen molar-refractivity contribution in [2.75, 3.05) is 0 Å². The van der Waals surface area contributed by atoms with Crippen molar-refractivity contribution in [2.45, 2.75) is 72.4 Å². The number of thioether (sulfide) groups is 2. The first kappa shape index (κ1) is 19.7. The van der Waals surface area contributed by atoms with E-state index in [0.717, 1.165) is 27.8 Å².